The number of carbonyl (C=O) groups excluding carboxylic acids is 1. The molecule has 0 saturated heterocycles. The number of aromatic amines is 1. The lowest BCUT2D eigenvalue weighted by Crippen LogP contribution is -2.26. The Bertz CT molecular complexity index is 582. The topological polar surface area (TPSA) is 97.1 Å². The predicted molar refractivity (Wildman–Crippen MR) is 74.2 cm³/mol. The molecule has 1 heterocycles. The van der Waals surface area contributed by atoms with Crippen molar-refractivity contribution in [3.05, 3.63) is 35.9 Å². The van der Waals surface area contributed by atoms with E-state index in [4.69, 9.17) is 10.5 Å². The number of rotatable bonds is 5. The van der Waals surface area contributed by atoms with Crippen molar-refractivity contribution in [1.29, 1.82) is 0 Å². The predicted octanol–water partition coefficient (Wildman–Crippen LogP) is 1.06. The summed E-state index contributed by atoms with van der Waals surface area (Å²) >= 11 is 0. The molecule has 2 rings (SSSR count). The zero-order valence-electron chi connectivity index (χ0n) is 11.5. The summed E-state index contributed by atoms with van der Waals surface area (Å²) in [6.07, 6.45) is 1.40. The molecule has 0 saturated carbocycles. The summed E-state index contributed by atoms with van der Waals surface area (Å²) in [5, 5.41) is 6.46. The van der Waals surface area contributed by atoms with Crippen LogP contribution in [0.5, 0.6) is 5.75 Å². The van der Waals surface area contributed by atoms with E-state index < -0.39 is 0 Å². The number of carbonyl (C=O) groups is 1. The lowest BCUT2D eigenvalue weighted by molar-refractivity contribution is 0.0781. The summed E-state index contributed by atoms with van der Waals surface area (Å²) in [4.78, 5) is 17.9. The van der Waals surface area contributed by atoms with Crippen LogP contribution in [0, 0.1) is 0 Å². The van der Waals surface area contributed by atoms with Gasteiger partial charge in [-0.25, -0.2) is 4.98 Å². The minimum absolute atomic E-state index is 0.158. The zero-order valence-corrected chi connectivity index (χ0v) is 11.5. The molecule has 1 aromatic carbocycles. The van der Waals surface area contributed by atoms with Gasteiger partial charge >= 0.3 is 0 Å². The molecular formula is C13H17N5O2. The van der Waals surface area contributed by atoms with E-state index in [0.29, 0.717) is 36.0 Å². The summed E-state index contributed by atoms with van der Waals surface area (Å²) < 4.78 is 5.38. The number of ether oxygens (including phenoxy) is 1. The van der Waals surface area contributed by atoms with Gasteiger partial charge in [0.25, 0.3) is 5.91 Å². The van der Waals surface area contributed by atoms with Gasteiger partial charge < -0.3 is 15.4 Å². The minimum atomic E-state index is -0.158. The van der Waals surface area contributed by atoms with E-state index >= 15 is 0 Å². The molecule has 106 valence electrons. The number of H-pyrrole nitrogens is 1. The average molecular weight is 275 g/mol. The molecule has 0 aliphatic rings. The van der Waals surface area contributed by atoms with Crippen LogP contribution < -0.4 is 10.5 Å². The molecule has 0 unspecified atom stereocenters. The van der Waals surface area contributed by atoms with Crippen LogP contribution in [0.25, 0.3) is 0 Å². The van der Waals surface area contributed by atoms with E-state index in [1.54, 1.807) is 25.2 Å². The molecule has 0 aliphatic heterocycles. The second-order valence-corrected chi connectivity index (χ2v) is 4.32. The maximum absolute atomic E-state index is 12.3. The van der Waals surface area contributed by atoms with Gasteiger partial charge in [0.1, 0.15) is 17.9 Å². The molecule has 0 radical (unpaired) electrons. The van der Waals surface area contributed by atoms with Crippen molar-refractivity contribution in [3.63, 3.8) is 0 Å². The van der Waals surface area contributed by atoms with Gasteiger partial charge in [-0.2, -0.15) is 5.10 Å². The standard InChI is InChI=1S/C13H17N5O2/c1-3-20-11-5-9(4-10(14)6-11)13(19)18(2)7-12-15-8-16-17-12/h4-6,8H,3,7,14H2,1-2H3,(H,15,16,17). The number of amides is 1. The van der Waals surface area contributed by atoms with Gasteiger partial charge in [0.15, 0.2) is 0 Å². The third kappa shape index (κ3) is 3.25. The van der Waals surface area contributed by atoms with Crippen LogP contribution in [-0.2, 0) is 6.54 Å². The Hall–Kier alpha value is -2.57. The second-order valence-electron chi connectivity index (χ2n) is 4.32. The van der Waals surface area contributed by atoms with Crippen molar-refractivity contribution >= 4 is 11.6 Å². The Balaban J connectivity index is 2.15. The molecule has 7 nitrogen and oxygen atoms in total. The number of nitrogens with zero attached hydrogens (tertiary/aromatic N) is 3. The first kappa shape index (κ1) is 13.9. The Kier molecular flexibility index (Phi) is 4.19. The molecule has 20 heavy (non-hydrogen) atoms. The van der Waals surface area contributed by atoms with Gasteiger partial charge in [-0.15, -0.1) is 0 Å². The van der Waals surface area contributed by atoms with Crippen LogP contribution in [-0.4, -0.2) is 39.6 Å². The first-order valence-electron chi connectivity index (χ1n) is 6.23. The molecule has 3 N–H and O–H groups in total. The van der Waals surface area contributed by atoms with E-state index in [1.165, 1.54) is 11.2 Å². The maximum Gasteiger partial charge on any atom is 0.254 e. The van der Waals surface area contributed by atoms with Crippen LogP contribution in [0.2, 0.25) is 0 Å². The molecule has 0 fully saturated rings. The second kappa shape index (κ2) is 6.05. The Labute approximate surface area is 116 Å². The number of nitrogens with two attached hydrogens (primary N) is 1. The van der Waals surface area contributed by atoms with Crippen LogP contribution in [0.3, 0.4) is 0 Å². The Morgan fingerprint density at radius 2 is 2.25 bits per heavy atom. The largest absolute Gasteiger partial charge is 0.494 e. The van der Waals surface area contributed by atoms with E-state index in [1.807, 2.05) is 6.92 Å². The normalized spacial score (nSPS) is 10.3. The highest BCUT2D eigenvalue weighted by atomic mass is 16.5. The lowest BCUT2D eigenvalue weighted by atomic mass is 10.1. The smallest absolute Gasteiger partial charge is 0.254 e. The molecule has 2 aromatic rings. The highest BCUT2D eigenvalue weighted by molar-refractivity contribution is 5.95. The first-order chi connectivity index (χ1) is 9.60. The van der Waals surface area contributed by atoms with Gasteiger partial charge in [0.05, 0.1) is 13.2 Å². The van der Waals surface area contributed by atoms with Crippen LogP contribution in [0.15, 0.2) is 24.5 Å². The van der Waals surface area contributed by atoms with Crippen LogP contribution >= 0.6 is 0 Å². The van der Waals surface area contributed by atoms with Crippen molar-refractivity contribution in [2.75, 3.05) is 19.4 Å². The van der Waals surface area contributed by atoms with Crippen molar-refractivity contribution in [1.82, 2.24) is 20.1 Å². The first-order valence-corrected chi connectivity index (χ1v) is 6.23. The fraction of sp³-hybridized carbons (Fsp3) is 0.308. The average Bonchev–Trinajstić information content (AvgIpc) is 2.90. The monoisotopic (exact) mass is 275 g/mol. The van der Waals surface area contributed by atoms with E-state index in [9.17, 15) is 4.79 Å². The Morgan fingerprint density at radius 3 is 2.90 bits per heavy atom. The van der Waals surface area contributed by atoms with Gasteiger partial charge in [-0.3, -0.25) is 9.89 Å². The fourth-order valence-electron chi connectivity index (χ4n) is 1.82. The Morgan fingerprint density at radius 1 is 1.45 bits per heavy atom. The van der Waals surface area contributed by atoms with E-state index in [2.05, 4.69) is 15.2 Å². The third-order valence-corrected chi connectivity index (χ3v) is 2.69. The number of hydrogen-bond donors (Lipinski definition) is 2. The third-order valence-electron chi connectivity index (χ3n) is 2.69. The number of benzene rings is 1. The van der Waals surface area contributed by atoms with Crippen molar-refractivity contribution in [2.45, 2.75) is 13.5 Å². The zero-order chi connectivity index (χ0) is 14.5. The molecule has 1 aromatic heterocycles. The number of aromatic nitrogens is 3. The van der Waals surface area contributed by atoms with Crippen molar-refractivity contribution in [3.8, 4) is 5.75 Å². The van der Waals surface area contributed by atoms with Crippen molar-refractivity contribution < 1.29 is 9.53 Å². The highest BCUT2D eigenvalue weighted by Crippen LogP contribution is 2.20. The number of nitrogens with one attached hydrogen (secondary N) is 1. The summed E-state index contributed by atoms with van der Waals surface area (Å²) in [6.45, 7) is 2.74. The molecular weight excluding hydrogens is 258 g/mol. The number of hydrogen-bond acceptors (Lipinski definition) is 5. The van der Waals surface area contributed by atoms with Gasteiger partial charge in [0, 0.05) is 24.4 Å². The molecule has 1 amide bonds. The molecule has 7 heteroatoms. The number of anilines is 1. The minimum Gasteiger partial charge on any atom is -0.494 e. The SMILES string of the molecule is CCOc1cc(N)cc(C(=O)N(C)Cc2ncn[nH]2)c1. The summed E-state index contributed by atoms with van der Waals surface area (Å²) in [6, 6.07) is 5.00. The maximum atomic E-state index is 12.3. The fourth-order valence-corrected chi connectivity index (χ4v) is 1.82. The lowest BCUT2D eigenvalue weighted by Gasteiger charge is -2.16. The van der Waals surface area contributed by atoms with Gasteiger partial charge in [-0.05, 0) is 19.1 Å². The summed E-state index contributed by atoms with van der Waals surface area (Å²) in [5.41, 5.74) is 6.76. The van der Waals surface area contributed by atoms with Gasteiger partial charge in [-0.1, -0.05) is 0 Å². The summed E-state index contributed by atoms with van der Waals surface area (Å²) in [5.74, 6) is 1.05. The molecule has 0 bridgehead atoms. The molecule has 0 spiro atoms. The van der Waals surface area contributed by atoms with Crippen LogP contribution in [0.4, 0.5) is 5.69 Å². The molecule has 0 atom stereocenters. The molecule has 0 aliphatic carbocycles. The van der Waals surface area contributed by atoms with E-state index in [-0.39, 0.29) is 5.91 Å². The number of nitrogen functional groups attached to an aromatic ring is 1. The summed E-state index contributed by atoms with van der Waals surface area (Å²) in [7, 11) is 1.69. The van der Waals surface area contributed by atoms with Crippen molar-refractivity contribution in [2.24, 2.45) is 0 Å². The van der Waals surface area contributed by atoms with E-state index in [0.717, 1.165) is 0 Å². The van der Waals surface area contributed by atoms with Gasteiger partial charge in [0.2, 0.25) is 0 Å². The quantitative estimate of drug-likeness (QED) is 0.795. The van der Waals surface area contributed by atoms with Crippen LogP contribution in [0.1, 0.15) is 23.1 Å². The highest BCUT2D eigenvalue weighted by Gasteiger charge is 2.15.